The maximum absolute atomic E-state index is 13.7. The third-order valence-corrected chi connectivity index (χ3v) is 7.00. The predicted molar refractivity (Wildman–Crippen MR) is 137 cm³/mol. The molecule has 2 atom stereocenters. The third-order valence-electron chi connectivity index (χ3n) is 7.00. The van der Waals surface area contributed by atoms with Crippen LogP contribution in [0.4, 0.5) is 10.1 Å². The Morgan fingerprint density at radius 3 is 2.44 bits per heavy atom. The van der Waals surface area contributed by atoms with E-state index in [4.69, 9.17) is 4.74 Å². The van der Waals surface area contributed by atoms with Crippen LogP contribution in [-0.2, 0) is 16.0 Å². The molecule has 0 unspecified atom stereocenters. The van der Waals surface area contributed by atoms with Gasteiger partial charge in [-0.15, -0.1) is 0 Å². The fourth-order valence-electron chi connectivity index (χ4n) is 4.82. The first-order valence-corrected chi connectivity index (χ1v) is 12.7. The van der Waals surface area contributed by atoms with Crippen molar-refractivity contribution in [2.24, 2.45) is 5.92 Å². The highest BCUT2D eigenvalue weighted by Gasteiger charge is 2.39. The van der Waals surface area contributed by atoms with E-state index in [1.165, 1.54) is 12.1 Å². The Hall–Kier alpha value is -3.67. The highest BCUT2D eigenvalue weighted by Crippen LogP contribution is 2.41. The molecule has 1 saturated carbocycles. The van der Waals surface area contributed by atoms with Gasteiger partial charge in [0.1, 0.15) is 11.6 Å². The minimum absolute atomic E-state index is 0.0869. The third kappa shape index (κ3) is 5.13. The molecule has 2 amide bonds. The molecular weight excluding hydrogens is 455 g/mol. The minimum atomic E-state index is -0.665. The summed E-state index contributed by atoms with van der Waals surface area (Å²) in [4.78, 5) is 28.0. The number of aryl methyl sites for hydroxylation is 1. The maximum atomic E-state index is 13.7. The summed E-state index contributed by atoms with van der Waals surface area (Å²) in [6.45, 7) is 4.54. The average Bonchev–Trinajstić information content (AvgIpc) is 3.74. The van der Waals surface area contributed by atoms with E-state index in [1.54, 1.807) is 12.1 Å². The van der Waals surface area contributed by atoms with E-state index in [-0.39, 0.29) is 29.6 Å². The fourth-order valence-corrected chi connectivity index (χ4v) is 4.82. The molecule has 1 fully saturated rings. The molecule has 5 rings (SSSR count). The number of carbonyl (C=O) groups excluding carboxylic acids is 2. The second-order valence-electron chi connectivity index (χ2n) is 9.74. The minimum Gasteiger partial charge on any atom is -0.481 e. The summed E-state index contributed by atoms with van der Waals surface area (Å²) >= 11 is 0. The van der Waals surface area contributed by atoms with Crippen molar-refractivity contribution in [2.45, 2.75) is 51.7 Å². The van der Waals surface area contributed by atoms with E-state index >= 15 is 0 Å². The van der Waals surface area contributed by atoms with E-state index in [0.717, 1.165) is 47.2 Å². The molecule has 6 heteroatoms. The molecule has 1 aliphatic heterocycles. The van der Waals surface area contributed by atoms with Crippen LogP contribution in [0.3, 0.4) is 0 Å². The van der Waals surface area contributed by atoms with Crippen LogP contribution in [0.2, 0.25) is 0 Å². The Morgan fingerprint density at radius 1 is 1.06 bits per heavy atom. The zero-order valence-electron chi connectivity index (χ0n) is 20.7. The largest absolute Gasteiger partial charge is 0.481 e. The van der Waals surface area contributed by atoms with Crippen LogP contribution in [0, 0.1) is 18.7 Å². The van der Waals surface area contributed by atoms with E-state index in [1.807, 2.05) is 61.2 Å². The molecule has 0 spiro atoms. The molecule has 36 heavy (non-hydrogen) atoms. The van der Waals surface area contributed by atoms with Gasteiger partial charge < -0.3 is 15.0 Å². The molecule has 0 bridgehead atoms. The van der Waals surface area contributed by atoms with Gasteiger partial charge in [0.25, 0.3) is 5.91 Å². The molecule has 2 aliphatic rings. The van der Waals surface area contributed by atoms with Crippen molar-refractivity contribution in [2.75, 3.05) is 11.9 Å². The molecule has 3 aromatic rings. The number of rotatable bonds is 7. The molecule has 0 saturated heterocycles. The summed E-state index contributed by atoms with van der Waals surface area (Å²) < 4.78 is 19.9. The van der Waals surface area contributed by atoms with Gasteiger partial charge >= 0.3 is 0 Å². The molecule has 5 nitrogen and oxygen atoms in total. The number of ether oxygens (including phenoxy) is 1. The van der Waals surface area contributed by atoms with E-state index in [2.05, 4.69) is 5.32 Å². The van der Waals surface area contributed by atoms with Crippen molar-refractivity contribution < 1.29 is 18.7 Å². The number of fused-ring (bicyclic) bond motifs is 1. The van der Waals surface area contributed by atoms with Crippen molar-refractivity contribution >= 4 is 17.5 Å². The number of benzene rings is 3. The lowest BCUT2D eigenvalue weighted by Gasteiger charge is -2.38. The Labute approximate surface area is 211 Å². The molecule has 1 N–H and O–H groups in total. The van der Waals surface area contributed by atoms with Crippen LogP contribution < -0.4 is 10.1 Å². The number of carbonyl (C=O) groups is 2. The standard InChI is InChI=1S/C30H31FN2O3/c1-3-27(29(34)32-24-13-4-19(2)5-14-24)36-25-15-10-20-16-17-33(30(35)22-6-7-22)28(26(20)18-25)21-8-11-23(31)12-9-21/h4-5,8-15,18,22,27-28H,3,6-7,16-17H2,1-2H3,(H,32,34)/t27-,28-/m0/s1. The predicted octanol–water partition coefficient (Wildman–Crippen LogP) is 5.81. The molecule has 3 aromatic carbocycles. The summed E-state index contributed by atoms with van der Waals surface area (Å²) in [5, 5.41) is 2.93. The van der Waals surface area contributed by atoms with E-state index in [9.17, 15) is 14.0 Å². The second kappa shape index (κ2) is 10.1. The molecular formula is C30H31FN2O3. The van der Waals surface area contributed by atoms with Crippen molar-refractivity contribution in [1.29, 1.82) is 0 Å². The number of anilines is 1. The van der Waals surface area contributed by atoms with Gasteiger partial charge in [-0.3, -0.25) is 9.59 Å². The van der Waals surface area contributed by atoms with Crippen molar-refractivity contribution in [3.63, 3.8) is 0 Å². The molecule has 1 aliphatic carbocycles. The fraction of sp³-hybridized carbons (Fsp3) is 0.333. The van der Waals surface area contributed by atoms with Crippen molar-refractivity contribution in [1.82, 2.24) is 4.90 Å². The molecule has 186 valence electrons. The van der Waals surface area contributed by atoms with Gasteiger partial charge in [-0.2, -0.15) is 0 Å². The smallest absolute Gasteiger partial charge is 0.265 e. The van der Waals surface area contributed by atoms with Gasteiger partial charge in [0, 0.05) is 18.2 Å². The number of hydrogen-bond acceptors (Lipinski definition) is 3. The van der Waals surface area contributed by atoms with Crippen LogP contribution in [0.1, 0.15) is 54.5 Å². The lowest BCUT2D eigenvalue weighted by Crippen LogP contribution is -2.41. The average molecular weight is 487 g/mol. The Kier molecular flexibility index (Phi) is 6.77. The summed E-state index contributed by atoms with van der Waals surface area (Å²) in [5.41, 5.74) is 4.81. The molecule has 0 radical (unpaired) electrons. The number of nitrogens with zero attached hydrogens (tertiary/aromatic N) is 1. The summed E-state index contributed by atoms with van der Waals surface area (Å²) in [5.74, 6) is 0.304. The second-order valence-corrected chi connectivity index (χ2v) is 9.74. The Morgan fingerprint density at radius 2 is 1.78 bits per heavy atom. The lowest BCUT2D eigenvalue weighted by molar-refractivity contribution is -0.134. The SMILES string of the molecule is CC[C@H](Oc1ccc2c(c1)[C@H](c1ccc(F)cc1)N(C(=O)C1CC1)CC2)C(=O)Nc1ccc(C)cc1. The van der Waals surface area contributed by atoms with Gasteiger partial charge in [-0.05, 0) is 85.7 Å². The monoisotopic (exact) mass is 486 g/mol. The van der Waals surface area contributed by atoms with Crippen molar-refractivity contribution in [3.05, 3.63) is 94.8 Å². The van der Waals surface area contributed by atoms with Crippen LogP contribution in [0.15, 0.2) is 66.7 Å². The summed E-state index contributed by atoms with van der Waals surface area (Å²) in [6, 6.07) is 19.6. The van der Waals surface area contributed by atoms with Crippen LogP contribution in [0.25, 0.3) is 0 Å². The first-order chi connectivity index (χ1) is 17.4. The summed E-state index contributed by atoms with van der Waals surface area (Å²) in [6.07, 6.45) is 2.44. The zero-order valence-corrected chi connectivity index (χ0v) is 20.7. The first kappa shape index (κ1) is 24.0. The van der Waals surface area contributed by atoms with Crippen molar-refractivity contribution in [3.8, 4) is 5.75 Å². The first-order valence-electron chi connectivity index (χ1n) is 12.7. The lowest BCUT2D eigenvalue weighted by atomic mass is 9.87. The number of hydrogen-bond donors (Lipinski definition) is 1. The quantitative estimate of drug-likeness (QED) is 0.458. The molecule has 1 heterocycles. The van der Waals surface area contributed by atoms with Gasteiger partial charge in [0.2, 0.25) is 5.91 Å². The van der Waals surface area contributed by atoms with Crippen LogP contribution >= 0.6 is 0 Å². The van der Waals surface area contributed by atoms with Crippen LogP contribution in [0.5, 0.6) is 5.75 Å². The Bertz CT molecular complexity index is 1250. The van der Waals surface area contributed by atoms with Gasteiger partial charge in [0.15, 0.2) is 6.10 Å². The van der Waals surface area contributed by atoms with E-state index in [0.29, 0.717) is 18.7 Å². The zero-order chi connectivity index (χ0) is 25.2. The van der Waals surface area contributed by atoms with Crippen LogP contribution in [-0.4, -0.2) is 29.4 Å². The normalized spacial score (nSPS) is 17.8. The Balaban J connectivity index is 1.42. The number of halogens is 1. The molecule has 0 aromatic heterocycles. The van der Waals surface area contributed by atoms with E-state index < -0.39 is 6.10 Å². The maximum Gasteiger partial charge on any atom is 0.265 e. The van der Waals surface area contributed by atoms with Gasteiger partial charge in [0.05, 0.1) is 6.04 Å². The number of amides is 2. The highest BCUT2D eigenvalue weighted by atomic mass is 19.1. The number of nitrogens with one attached hydrogen (secondary N) is 1. The van der Waals surface area contributed by atoms with Gasteiger partial charge in [-0.1, -0.05) is 42.8 Å². The highest BCUT2D eigenvalue weighted by molar-refractivity contribution is 5.94. The topological polar surface area (TPSA) is 58.6 Å². The summed E-state index contributed by atoms with van der Waals surface area (Å²) in [7, 11) is 0. The van der Waals surface area contributed by atoms with Gasteiger partial charge in [-0.25, -0.2) is 4.39 Å².